The molecule has 2 heterocycles. The summed E-state index contributed by atoms with van der Waals surface area (Å²) in [6.45, 7) is 2.95. The summed E-state index contributed by atoms with van der Waals surface area (Å²) < 4.78 is 7.26. The van der Waals surface area contributed by atoms with Gasteiger partial charge in [0.1, 0.15) is 5.75 Å². The molecule has 0 aliphatic rings. The third-order valence-electron chi connectivity index (χ3n) is 3.40. The van der Waals surface area contributed by atoms with Crippen LogP contribution in [0.1, 0.15) is 24.8 Å². The number of fused-ring (bicyclic) bond motifs is 1. The van der Waals surface area contributed by atoms with Crippen LogP contribution in [0.3, 0.4) is 0 Å². The number of nitrogens with one attached hydrogen (secondary N) is 1. The number of nitrogens with zero attached hydrogens (tertiary/aromatic N) is 1. The smallest absolute Gasteiger partial charge is 0.258 e. The molecular formula is C16H19BN2O3. The first-order valence-corrected chi connectivity index (χ1v) is 7.36. The van der Waals surface area contributed by atoms with E-state index in [-0.39, 0.29) is 5.56 Å². The third-order valence-corrected chi connectivity index (χ3v) is 3.40. The van der Waals surface area contributed by atoms with E-state index < -0.39 is 5.81 Å². The zero-order chi connectivity index (χ0) is 15.9. The summed E-state index contributed by atoms with van der Waals surface area (Å²) in [4.78, 5) is 22.5. The van der Waals surface area contributed by atoms with Gasteiger partial charge in [-0.05, 0) is 44.4 Å². The van der Waals surface area contributed by atoms with Gasteiger partial charge in [0.25, 0.3) is 5.56 Å². The maximum absolute atomic E-state index is 12.0. The lowest BCUT2D eigenvalue weighted by Crippen LogP contribution is -2.22. The van der Waals surface area contributed by atoms with Crippen LogP contribution in [0.15, 0.2) is 35.3 Å². The standard InChI is InChI=1S/C16H19BN2O3/c1-12-5-6-13-7-8-14(11-19(13)15(12)20)22-10-4-2-3-9-18-16(17)21/h5-8,11H,2-4,9-10H2,1H3,(H,18,21). The highest BCUT2D eigenvalue weighted by Crippen LogP contribution is 2.13. The molecule has 5 nitrogen and oxygen atoms in total. The van der Waals surface area contributed by atoms with E-state index in [0.717, 1.165) is 24.8 Å². The summed E-state index contributed by atoms with van der Waals surface area (Å²) in [5.41, 5.74) is 1.53. The number of hydrogen-bond acceptors (Lipinski definition) is 3. The first-order valence-electron chi connectivity index (χ1n) is 7.36. The Morgan fingerprint density at radius 1 is 1.23 bits per heavy atom. The number of ether oxygens (including phenoxy) is 1. The first-order chi connectivity index (χ1) is 10.6. The van der Waals surface area contributed by atoms with Crippen LogP contribution in [-0.2, 0) is 0 Å². The van der Waals surface area contributed by atoms with Crippen LogP contribution < -0.4 is 15.6 Å². The number of hydrogen-bond donors (Lipinski definition) is 1. The lowest BCUT2D eigenvalue weighted by molar-refractivity contribution is 0.259. The highest BCUT2D eigenvalue weighted by molar-refractivity contribution is 6.57. The molecule has 0 saturated carbocycles. The number of rotatable bonds is 7. The molecule has 0 spiro atoms. The van der Waals surface area contributed by atoms with Gasteiger partial charge in [-0.1, -0.05) is 6.07 Å². The Kier molecular flexibility index (Phi) is 5.64. The Hall–Kier alpha value is -2.24. The van der Waals surface area contributed by atoms with E-state index >= 15 is 0 Å². The number of amides is 1. The highest BCUT2D eigenvalue weighted by Gasteiger charge is 2.01. The summed E-state index contributed by atoms with van der Waals surface area (Å²) >= 11 is 0. The monoisotopic (exact) mass is 298 g/mol. The van der Waals surface area contributed by atoms with Crippen LogP contribution in [0.25, 0.3) is 5.52 Å². The molecule has 0 aliphatic heterocycles. The lowest BCUT2D eigenvalue weighted by Gasteiger charge is -2.08. The summed E-state index contributed by atoms with van der Waals surface area (Å²) in [5.74, 6) is 0.184. The Morgan fingerprint density at radius 2 is 2.00 bits per heavy atom. The molecule has 0 unspecified atom stereocenters. The average Bonchev–Trinajstić information content (AvgIpc) is 2.50. The van der Waals surface area contributed by atoms with Crippen LogP contribution in [0.5, 0.6) is 5.75 Å². The van der Waals surface area contributed by atoms with Crippen LogP contribution in [0.4, 0.5) is 4.79 Å². The van der Waals surface area contributed by atoms with E-state index in [2.05, 4.69) is 5.32 Å². The lowest BCUT2D eigenvalue weighted by atomic mass is 10.1. The maximum atomic E-state index is 12.0. The van der Waals surface area contributed by atoms with E-state index in [4.69, 9.17) is 12.6 Å². The molecule has 0 atom stereocenters. The predicted molar refractivity (Wildman–Crippen MR) is 86.9 cm³/mol. The average molecular weight is 298 g/mol. The third kappa shape index (κ3) is 4.38. The molecule has 0 saturated heterocycles. The highest BCUT2D eigenvalue weighted by atomic mass is 16.5. The van der Waals surface area contributed by atoms with Crippen LogP contribution >= 0.6 is 0 Å². The molecule has 22 heavy (non-hydrogen) atoms. The molecule has 6 heteroatoms. The molecule has 2 aromatic rings. The van der Waals surface area contributed by atoms with Gasteiger partial charge < -0.3 is 10.1 Å². The molecular weight excluding hydrogens is 279 g/mol. The molecule has 0 aliphatic carbocycles. The topological polar surface area (TPSA) is 59.8 Å². The summed E-state index contributed by atoms with van der Waals surface area (Å²) in [7, 11) is 4.97. The van der Waals surface area contributed by atoms with Crippen molar-refractivity contribution < 1.29 is 9.53 Å². The minimum atomic E-state index is -0.492. The largest absolute Gasteiger partial charge is 0.492 e. The van der Waals surface area contributed by atoms with E-state index in [9.17, 15) is 9.59 Å². The predicted octanol–water partition coefficient (Wildman–Crippen LogP) is 2.04. The minimum absolute atomic E-state index is 0.0273. The van der Waals surface area contributed by atoms with Crippen molar-refractivity contribution in [3.63, 3.8) is 0 Å². The summed E-state index contributed by atoms with van der Waals surface area (Å²) in [6, 6.07) is 7.45. The van der Waals surface area contributed by atoms with Crippen molar-refractivity contribution in [2.45, 2.75) is 26.2 Å². The van der Waals surface area contributed by atoms with Crippen molar-refractivity contribution in [3.05, 3.63) is 46.4 Å². The van der Waals surface area contributed by atoms with Crippen LogP contribution in [0, 0.1) is 6.92 Å². The number of aryl methyl sites for hydroxylation is 1. The van der Waals surface area contributed by atoms with Gasteiger partial charge in [-0.15, -0.1) is 0 Å². The molecule has 0 fully saturated rings. The maximum Gasteiger partial charge on any atom is 0.258 e. The SMILES string of the molecule is [B]C(=O)NCCCCCOc1ccc2ccc(C)c(=O)n2c1. The molecule has 1 N–H and O–H groups in total. The van der Waals surface area contributed by atoms with Crippen LogP contribution in [0.2, 0.25) is 0 Å². The number of pyridine rings is 2. The van der Waals surface area contributed by atoms with Gasteiger partial charge in [-0.25, -0.2) is 0 Å². The van der Waals surface area contributed by atoms with Crippen LogP contribution in [-0.4, -0.2) is 31.2 Å². The van der Waals surface area contributed by atoms with Gasteiger partial charge in [0.2, 0.25) is 0 Å². The fraction of sp³-hybridized carbons (Fsp3) is 0.375. The Labute approximate surface area is 130 Å². The molecule has 1 amide bonds. The number of aromatic nitrogens is 1. The number of carbonyl (C=O) groups excluding carboxylic acids is 1. The molecule has 2 aromatic heterocycles. The fourth-order valence-electron chi connectivity index (χ4n) is 2.17. The quantitative estimate of drug-likeness (QED) is 0.628. The van der Waals surface area contributed by atoms with Gasteiger partial charge in [-0.3, -0.25) is 14.0 Å². The van der Waals surface area contributed by atoms with Gasteiger partial charge in [0, 0.05) is 17.6 Å². The minimum Gasteiger partial charge on any atom is -0.492 e. The first kappa shape index (κ1) is 16.1. The molecule has 0 aromatic carbocycles. The molecule has 114 valence electrons. The van der Waals surface area contributed by atoms with Crippen molar-refractivity contribution in [1.82, 2.24) is 9.72 Å². The van der Waals surface area contributed by atoms with E-state index in [0.29, 0.717) is 24.5 Å². The van der Waals surface area contributed by atoms with E-state index in [1.165, 1.54) is 0 Å². The Morgan fingerprint density at radius 3 is 2.77 bits per heavy atom. The zero-order valence-electron chi connectivity index (χ0n) is 12.7. The summed E-state index contributed by atoms with van der Waals surface area (Å²) in [6.07, 6.45) is 4.40. The van der Waals surface area contributed by atoms with Gasteiger partial charge in [0.05, 0.1) is 12.8 Å². The second-order valence-corrected chi connectivity index (χ2v) is 5.18. The second kappa shape index (κ2) is 7.68. The second-order valence-electron chi connectivity index (χ2n) is 5.18. The van der Waals surface area contributed by atoms with Crippen molar-refractivity contribution in [1.29, 1.82) is 0 Å². The van der Waals surface area contributed by atoms with Crippen molar-refractivity contribution >= 4 is 19.2 Å². The normalized spacial score (nSPS) is 10.6. The molecule has 2 radical (unpaired) electrons. The van der Waals surface area contributed by atoms with E-state index in [1.54, 1.807) is 17.5 Å². The van der Waals surface area contributed by atoms with Gasteiger partial charge >= 0.3 is 0 Å². The van der Waals surface area contributed by atoms with E-state index in [1.807, 2.05) is 24.3 Å². The molecule has 2 rings (SSSR count). The van der Waals surface area contributed by atoms with Crippen molar-refractivity contribution in [2.24, 2.45) is 0 Å². The summed E-state index contributed by atoms with van der Waals surface area (Å²) in [5, 5.41) is 2.55. The number of unbranched alkanes of at least 4 members (excludes halogenated alkanes) is 2. The zero-order valence-corrected chi connectivity index (χ0v) is 12.7. The molecule has 0 bridgehead atoms. The van der Waals surface area contributed by atoms with Gasteiger partial charge in [0.15, 0.2) is 13.7 Å². The Balaban J connectivity index is 1.83. The van der Waals surface area contributed by atoms with Gasteiger partial charge in [-0.2, -0.15) is 0 Å². The van der Waals surface area contributed by atoms with Crippen molar-refractivity contribution in [2.75, 3.05) is 13.2 Å². The fourth-order valence-corrected chi connectivity index (χ4v) is 2.17. The number of carbonyl (C=O) groups is 1. The van der Waals surface area contributed by atoms with Crippen molar-refractivity contribution in [3.8, 4) is 5.75 Å². The Bertz CT molecular complexity index is 712.